The maximum Gasteiger partial charge on any atom is 0.426 e. The lowest BCUT2D eigenvalue weighted by Crippen LogP contribution is -2.30. The Labute approximate surface area is 103 Å². The fourth-order valence-corrected chi connectivity index (χ4v) is 1.73. The summed E-state index contributed by atoms with van der Waals surface area (Å²) in [6, 6.07) is 4.75. The lowest BCUT2D eigenvalue weighted by atomic mass is 10.2. The predicted octanol–water partition coefficient (Wildman–Crippen LogP) is 0.815. The molecule has 0 amide bonds. The van der Waals surface area contributed by atoms with E-state index in [1.165, 1.54) is 6.07 Å². The van der Waals surface area contributed by atoms with Gasteiger partial charge in [0.05, 0.1) is 5.52 Å². The van der Waals surface area contributed by atoms with Crippen molar-refractivity contribution < 1.29 is 9.21 Å². The third kappa shape index (κ3) is 2.14. The molecule has 1 atom stereocenters. The molecule has 0 fully saturated rings. The summed E-state index contributed by atoms with van der Waals surface area (Å²) in [7, 11) is 1.76. The van der Waals surface area contributed by atoms with Crippen LogP contribution in [0, 0.1) is 0 Å². The zero-order chi connectivity index (χ0) is 13.3. The molecule has 0 radical (unpaired) electrons. The molecule has 1 unspecified atom stereocenters. The summed E-state index contributed by atoms with van der Waals surface area (Å²) in [6.45, 7) is 1.86. The topological polar surface area (TPSA) is 90.3 Å². The zero-order valence-corrected chi connectivity index (χ0v) is 10.3. The highest BCUT2D eigenvalue weighted by Gasteiger charge is 2.17. The average molecular weight is 249 g/mol. The van der Waals surface area contributed by atoms with E-state index in [2.05, 4.69) is 5.32 Å². The Kier molecular flexibility index (Phi) is 3.20. The fourth-order valence-electron chi connectivity index (χ4n) is 1.73. The lowest BCUT2D eigenvalue weighted by molar-refractivity contribution is 0.0888. The molecule has 1 heterocycles. The van der Waals surface area contributed by atoms with E-state index in [-0.39, 0.29) is 18.4 Å². The number of hydrogen-bond donors (Lipinski definition) is 2. The standard InChI is InChI=1S/C12H15N3O3/c1-7(14-2)5-11(16)15-9-4-3-8(13)6-10(9)18-12(15)17/h3-4,6-7,14H,5,13H2,1-2H3. The van der Waals surface area contributed by atoms with Crippen LogP contribution in [0.25, 0.3) is 11.1 Å². The normalized spacial score (nSPS) is 12.8. The molecule has 0 aliphatic heterocycles. The molecule has 0 bridgehead atoms. The summed E-state index contributed by atoms with van der Waals surface area (Å²) in [5, 5.41) is 2.95. The Hall–Kier alpha value is -2.08. The maximum absolute atomic E-state index is 12.0. The van der Waals surface area contributed by atoms with Gasteiger partial charge in [0, 0.05) is 24.2 Å². The first-order valence-corrected chi connectivity index (χ1v) is 5.64. The summed E-state index contributed by atoms with van der Waals surface area (Å²) in [5.74, 6) is -0.978. The van der Waals surface area contributed by atoms with E-state index in [0.29, 0.717) is 16.8 Å². The van der Waals surface area contributed by atoms with Crippen LogP contribution in [0.3, 0.4) is 0 Å². The molecule has 2 aromatic rings. The van der Waals surface area contributed by atoms with Gasteiger partial charge in [-0.05, 0) is 26.1 Å². The summed E-state index contributed by atoms with van der Waals surface area (Å²) in [4.78, 5) is 23.7. The van der Waals surface area contributed by atoms with Crippen molar-refractivity contribution in [1.82, 2.24) is 9.88 Å². The van der Waals surface area contributed by atoms with Gasteiger partial charge in [-0.3, -0.25) is 4.79 Å². The van der Waals surface area contributed by atoms with Crippen LogP contribution in [-0.4, -0.2) is 23.6 Å². The van der Waals surface area contributed by atoms with E-state index in [1.807, 2.05) is 6.92 Å². The molecule has 1 aromatic carbocycles. The van der Waals surface area contributed by atoms with Crippen LogP contribution in [0.4, 0.5) is 5.69 Å². The molecule has 0 spiro atoms. The van der Waals surface area contributed by atoms with Gasteiger partial charge >= 0.3 is 5.76 Å². The number of oxazole rings is 1. The van der Waals surface area contributed by atoms with Crippen molar-refractivity contribution in [1.29, 1.82) is 0 Å². The number of nitrogens with two attached hydrogens (primary N) is 1. The molecule has 0 saturated heterocycles. The van der Waals surface area contributed by atoms with Gasteiger partial charge in [0.1, 0.15) is 0 Å². The van der Waals surface area contributed by atoms with Gasteiger partial charge in [-0.15, -0.1) is 0 Å². The zero-order valence-electron chi connectivity index (χ0n) is 10.3. The quantitative estimate of drug-likeness (QED) is 0.786. The Morgan fingerprint density at radius 3 is 2.94 bits per heavy atom. The van der Waals surface area contributed by atoms with Crippen molar-refractivity contribution >= 4 is 22.7 Å². The number of rotatable bonds is 3. The largest absolute Gasteiger partial charge is 0.426 e. The predicted molar refractivity (Wildman–Crippen MR) is 68.7 cm³/mol. The second-order valence-corrected chi connectivity index (χ2v) is 4.22. The van der Waals surface area contributed by atoms with Crippen molar-refractivity contribution in [2.24, 2.45) is 0 Å². The molecule has 3 N–H and O–H groups in total. The Morgan fingerprint density at radius 1 is 1.56 bits per heavy atom. The minimum Gasteiger partial charge on any atom is -0.407 e. The van der Waals surface area contributed by atoms with Gasteiger partial charge in [0.15, 0.2) is 5.58 Å². The van der Waals surface area contributed by atoms with Crippen LogP contribution in [0.2, 0.25) is 0 Å². The average Bonchev–Trinajstić information content (AvgIpc) is 2.63. The first-order valence-electron chi connectivity index (χ1n) is 5.64. The monoisotopic (exact) mass is 249 g/mol. The second-order valence-electron chi connectivity index (χ2n) is 4.22. The van der Waals surface area contributed by atoms with Gasteiger partial charge < -0.3 is 15.5 Å². The highest BCUT2D eigenvalue weighted by molar-refractivity contribution is 5.90. The minimum atomic E-state index is -0.677. The smallest absolute Gasteiger partial charge is 0.407 e. The molecule has 0 aliphatic carbocycles. The van der Waals surface area contributed by atoms with E-state index in [9.17, 15) is 9.59 Å². The third-order valence-corrected chi connectivity index (χ3v) is 2.83. The number of hydrogen-bond acceptors (Lipinski definition) is 5. The number of benzene rings is 1. The number of fused-ring (bicyclic) bond motifs is 1. The number of nitrogen functional groups attached to an aromatic ring is 1. The minimum absolute atomic E-state index is 0.0110. The second kappa shape index (κ2) is 4.66. The number of carbonyl (C=O) groups is 1. The van der Waals surface area contributed by atoms with Crippen molar-refractivity contribution in [3.05, 3.63) is 28.7 Å². The number of nitrogens with one attached hydrogen (secondary N) is 1. The van der Waals surface area contributed by atoms with Crippen LogP contribution in [0.5, 0.6) is 0 Å². The summed E-state index contributed by atoms with van der Waals surface area (Å²) in [6.07, 6.45) is 0.218. The number of nitrogens with zero attached hydrogens (tertiary/aromatic N) is 1. The number of carbonyl (C=O) groups excluding carboxylic acids is 1. The van der Waals surface area contributed by atoms with Crippen molar-refractivity contribution in [2.75, 3.05) is 12.8 Å². The van der Waals surface area contributed by atoms with Crippen LogP contribution in [-0.2, 0) is 0 Å². The summed E-state index contributed by atoms with van der Waals surface area (Å²) >= 11 is 0. The summed E-state index contributed by atoms with van der Waals surface area (Å²) in [5.41, 5.74) is 6.85. The van der Waals surface area contributed by atoms with Crippen molar-refractivity contribution in [2.45, 2.75) is 19.4 Å². The van der Waals surface area contributed by atoms with Gasteiger partial charge in [-0.1, -0.05) is 0 Å². The highest BCUT2D eigenvalue weighted by Crippen LogP contribution is 2.16. The highest BCUT2D eigenvalue weighted by atomic mass is 16.4. The molecule has 2 rings (SSSR count). The van der Waals surface area contributed by atoms with E-state index in [4.69, 9.17) is 10.2 Å². The number of anilines is 1. The Bertz CT molecular complexity index is 642. The van der Waals surface area contributed by atoms with Gasteiger partial charge in [0.2, 0.25) is 5.91 Å². The molecule has 96 valence electrons. The molecule has 0 saturated carbocycles. The van der Waals surface area contributed by atoms with Crippen molar-refractivity contribution in [3.8, 4) is 0 Å². The first kappa shape index (κ1) is 12.4. The Balaban J connectivity index is 2.47. The molecule has 6 heteroatoms. The number of aromatic nitrogens is 1. The first-order chi connectivity index (χ1) is 8.52. The third-order valence-electron chi connectivity index (χ3n) is 2.83. The van der Waals surface area contributed by atoms with Gasteiger partial charge in [-0.2, -0.15) is 0 Å². The summed E-state index contributed by atoms with van der Waals surface area (Å²) < 4.78 is 6.05. The van der Waals surface area contributed by atoms with E-state index < -0.39 is 5.76 Å². The molecule has 1 aromatic heterocycles. The molecule has 6 nitrogen and oxygen atoms in total. The van der Waals surface area contributed by atoms with Gasteiger partial charge in [-0.25, -0.2) is 9.36 Å². The van der Waals surface area contributed by atoms with Crippen LogP contribution >= 0.6 is 0 Å². The molecule has 18 heavy (non-hydrogen) atoms. The van der Waals surface area contributed by atoms with Crippen molar-refractivity contribution in [3.63, 3.8) is 0 Å². The van der Waals surface area contributed by atoms with Crippen LogP contribution in [0.15, 0.2) is 27.4 Å². The molecule has 0 aliphatic rings. The van der Waals surface area contributed by atoms with Crippen LogP contribution < -0.4 is 16.8 Å². The molecular weight excluding hydrogens is 234 g/mol. The van der Waals surface area contributed by atoms with E-state index in [1.54, 1.807) is 19.2 Å². The fraction of sp³-hybridized carbons (Fsp3) is 0.333. The maximum atomic E-state index is 12.0. The molecular formula is C12H15N3O3. The van der Waals surface area contributed by atoms with E-state index >= 15 is 0 Å². The van der Waals surface area contributed by atoms with E-state index in [0.717, 1.165) is 4.57 Å². The van der Waals surface area contributed by atoms with Gasteiger partial charge in [0.25, 0.3) is 0 Å². The lowest BCUT2D eigenvalue weighted by Gasteiger charge is -2.08. The SMILES string of the molecule is CNC(C)CC(=O)n1c(=O)oc2cc(N)ccc21. The van der Waals surface area contributed by atoms with Crippen LogP contribution in [0.1, 0.15) is 18.1 Å². The Morgan fingerprint density at radius 2 is 2.28 bits per heavy atom.